The SMILES string of the molecule is CCCOc1cc2sc(N)nc2c2ccccc12. The minimum Gasteiger partial charge on any atom is -0.493 e. The zero-order valence-electron chi connectivity index (χ0n) is 10.1. The lowest BCUT2D eigenvalue weighted by Crippen LogP contribution is -1.95. The molecule has 92 valence electrons. The zero-order valence-corrected chi connectivity index (χ0v) is 11.0. The van der Waals surface area contributed by atoms with E-state index in [1.165, 1.54) is 11.3 Å². The van der Waals surface area contributed by atoms with Gasteiger partial charge in [-0.05, 0) is 6.42 Å². The van der Waals surface area contributed by atoms with Crippen molar-refractivity contribution in [3.8, 4) is 5.75 Å². The van der Waals surface area contributed by atoms with Gasteiger partial charge in [0.2, 0.25) is 0 Å². The van der Waals surface area contributed by atoms with Gasteiger partial charge in [0.05, 0.1) is 16.8 Å². The number of aromatic nitrogens is 1. The Bertz CT molecular complexity index is 705. The van der Waals surface area contributed by atoms with Crippen molar-refractivity contribution in [2.45, 2.75) is 13.3 Å². The third-order valence-electron chi connectivity index (χ3n) is 2.84. The number of rotatable bonds is 3. The summed E-state index contributed by atoms with van der Waals surface area (Å²) >= 11 is 1.50. The molecule has 3 rings (SSSR count). The molecule has 3 nitrogen and oxygen atoms in total. The van der Waals surface area contributed by atoms with Gasteiger partial charge in [0.15, 0.2) is 5.13 Å². The van der Waals surface area contributed by atoms with E-state index in [0.717, 1.165) is 39.8 Å². The molecule has 1 aromatic heterocycles. The molecule has 0 saturated heterocycles. The Balaban J connectivity index is 2.31. The summed E-state index contributed by atoms with van der Waals surface area (Å²) < 4.78 is 6.90. The Morgan fingerprint density at radius 3 is 2.83 bits per heavy atom. The maximum atomic E-state index is 5.82. The fourth-order valence-corrected chi connectivity index (χ4v) is 2.85. The maximum Gasteiger partial charge on any atom is 0.181 e. The van der Waals surface area contributed by atoms with Crippen LogP contribution in [0.5, 0.6) is 5.75 Å². The number of hydrogen-bond donors (Lipinski definition) is 1. The first kappa shape index (κ1) is 11.3. The van der Waals surface area contributed by atoms with E-state index in [-0.39, 0.29) is 0 Å². The van der Waals surface area contributed by atoms with Gasteiger partial charge in [-0.3, -0.25) is 0 Å². The van der Waals surface area contributed by atoms with Crippen molar-refractivity contribution in [2.75, 3.05) is 12.3 Å². The summed E-state index contributed by atoms with van der Waals surface area (Å²) in [5.74, 6) is 0.920. The van der Waals surface area contributed by atoms with E-state index in [1.807, 2.05) is 18.2 Å². The van der Waals surface area contributed by atoms with E-state index >= 15 is 0 Å². The van der Waals surface area contributed by atoms with Gasteiger partial charge in [0, 0.05) is 16.8 Å². The van der Waals surface area contributed by atoms with Crippen molar-refractivity contribution in [2.24, 2.45) is 0 Å². The first-order valence-electron chi connectivity index (χ1n) is 6.00. The molecule has 0 aliphatic carbocycles. The molecule has 2 N–H and O–H groups in total. The fraction of sp³-hybridized carbons (Fsp3) is 0.214. The van der Waals surface area contributed by atoms with E-state index in [2.05, 4.69) is 24.0 Å². The molecule has 0 spiro atoms. The molecule has 0 saturated carbocycles. The van der Waals surface area contributed by atoms with Gasteiger partial charge < -0.3 is 10.5 Å². The highest BCUT2D eigenvalue weighted by Gasteiger charge is 2.10. The summed E-state index contributed by atoms with van der Waals surface area (Å²) in [7, 11) is 0. The van der Waals surface area contributed by atoms with Crippen LogP contribution in [0, 0.1) is 0 Å². The van der Waals surface area contributed by atoms with E-state index in [1.54, 1.807) is 0 Å². The van der Waals surface area contributed by atoms with E-state index in [9.17, 15) is 0 Å². The Morgan fingerprint density at radius 1 is 1.28 bits per heavy atom. The van der Waals surface area contributed by atoms with E-state index in [4.69, 9.17) is 10.5 Å². The first-order chi connectivity index (χ1) is 8.79. The Hall–Kier alpha value is -1.81. The summed E-state index contributed by atoms with van der Waals surface area (Å²) in [5, 5.41) is 2.81. The van der Waals surface area contributed by atoms with Gasteiger partial charge in [0.25, 0.3) is 0 Å². The van der Waals surface area contributed by atoms with E-state index < -0.39 is 0 Å². The molecule has 18 heavy (non-hydrogen) atoms. The number of nitrogens with two attached hydrogens (primary N) is 1. The molecule has 2 aromatic carbocycles. The van der Waals surface area contributed by atoms with Crippen LogP contribution in [0.4, 0.5) is 5.13 Å². The second-order valence-electron chi connectivity index (χ2n) is 4.17. The third-order valence-corrected chi connectivity index (χ3v) is 3.67. The van der Waals surface area contributed by atoms with Crippen LogP contribution in [0.25, 0.3) is 21.0 Å². The second-order valence-corrected chi connectivity index (χ2v) is 5.23. The first-order valence-corrected chi connectivity index (χ1v) is 6.82. The van der Waals surface area contributed by atoms with Crippen LogP contribution >= 0.6 is 11.3 Å². The number of thiazole rings is 1. The number of anilines is 1. The standard InChI is InChI=1S/C14H14N2OS/c1-2-7-17-11-8-12-13(16-14(15)18-12)10-6-4-3-5-9(10)11/h3-6,8H,2,7H2,1H3,(H2,15,16). The number of nitrogen functional groups attached to an aromatic ring is 1. The number of ether oxygens (including phenoxy) is 1. The third kappa shape index (κ3) is 1.78. The highest BCUT2D eigenvalue weighted by Crippen LogP contribution is 2.36. The van der Waals surface area contributed by atoms with Gasteiger partial charge in [-0.1, -0.05) is 42.5 Å². The molecule has 1 heterocycles. The summed E-state index contributed by atoms with van der Waals surface area (Å²) in [6.45, 7) is 2.83. The summed E-state index contributed by atoms with van der Waals surface area (Å²) in [4.78, 5) is 4.40. The average molecular weight is 258 g/mol. The quantitative estimate of drug-likeness (QED) is 0.777. The number of nitrogens with zero attached hydrogens (tertiary/aromatic N) is 1. The van der Waals surface area contributed by atoms with Crippen molar-refractivity contribution in [3.05, 3.63) is 30.3 Å². The number of benzene rings is 2. The van der Waals surface area contributed by atoms with Crippen molar-refractivity contribution in [3.63, 3.8) is 0 Å². The largest absolute Gasteiger partial charge is 0.493 e. The molecule has 0 aliphatic heterocycles. The highest BCUT2D eigenvalue weighted by molar-refractivity contribution is 7.22. The average Bonchev–Trinajstić information content (AvgIpc) is 2.76. The minimum absolute atomic E-state index is 0.600. The van der Waals surface area contributed by atoms with Crippen LogP contribution in [0.1, 0.15) is 13.3 Å². The number of fused-ring (bicyclic) bond motifs is 3. The molecular formula is C14H14N2OS. The van der Waals surface area contributed by atoms with Crippen LogP contribution in [0.3, 0.4) is 0 Å². The number of hydrogen-bond acceptors (Lipinski definition) is 4. The summed E-state index contributed by atoms with van der Waals surface area (Å²) in [5.41, 5.74) is 6.77. The molecule has 4 heteroatoms. The lowest BCUT2D eigenvalue weighted by molar-refractivity contribution is 0.321. The zero-order chi connectivity index (χ0) is 12.5. The Kier molecular flexibility index (Phi) is 2.80. The summed E-state index contributed by atoms with van der Waals surface area (Å²) in [6, 6.07) is 10.2. The van der Waals surface area contributed by atoms with Crippen molar-refractivity contribution in [1.29, 1.82) is 0 Å². The van der Waals surface area contributed by atoms with Crippen LogP contribution in [0.15, 0.2) is 30.3 Å². The van der Waals surface area contributed by atoms with Crippen molar-refractivity contribution >= 4 is 37.5 Å². The molecule has 0 atom stereocenters. The molecule has 0 aliphatic rings. The molecule has 0 radical (unpaired) electrons. The van der Waals surface area contributed by atoms with Gasteiger partial charge in [-0.2, -0.15) is 0 Å². The van der Waals surface area contributed by atoms with Crippen molar-refractivity contribution < 1.29 is 4.74 Å². The molecular weight excluding hydrogens is 244 g/mol. The molecule has 3 aromatic rings. The fourth-order valence-electron chi connectivity index (χ4n) is 2.07. The molecule has 0 bridgehead atoms. The van der Waals surface area contributed by atoms with Crippen LogP contribution < -0.4 is 10.5 Å². The summed E-state index contributed by atoms with van der Waals surface area (Å²) in [6.07, 6.45) is 0.997. The van der Waals surface area contributed by atoms with Crippen LogP contribution in [0.2, 0.25) is 0 Å². The second kappa shape index (κ2) is 4.46. The van der Waals surface area contributed by atoms with Gasteiger partial charge in [-0.25, -0.2) is 4.98 Å². The van der Waals surface area contributed by atoms with Gasteiger partial charge >= 0.3 is 0 Å². The predicted octanol–water partition coefficient (Wildman–Crippen LogP) is 3.82. The van der Waals surface area contributed by atoms with Crippen LogP contribution in [-0.4, -0.2) is 11.6 Å². The van der Waals surface area contributed by atoms with Gasteiger partial charge in [-0.15, -0.1) is 0 Å². The topological polar surface area (TPSA) is 48.1 Å². The molecule has 0 fully saturated rings. The van der Waals surface area contributed by atoms with Crippen LogP contribution in [-0.2, 0) is 0 Å². The Morgan fingerprint density at radius 2 is 2.06 bits per heavy atom. The lowest BCUT2D eigenvalue weighted by atomic mass is 10.1. The Labute approximate surface area is 109 Å². The monoisotopic (exact) mass is 258 g/mol. The predicted molar refractivity (Wildman–Crippen MR) is 77.3 cm³/mol. The molecule has 0 amide bonds. The van der Waals surface area contributed by atoms with Gasteiger partial charge in [0.1, 0.15) is 5.75 Å². The lowest BCUT2D eigenvalue weighted by Gasteiger charge is -2.08. The maximum absolute atomic E-state index is 5.82. The normalized spacial score (nSPS) is 11.2. The minimum atomic E-state index is 0.600. The van der Waals surface area contributed by atoms with E-state index in [0.29, 0.717) is 5.13 Å². The molecule has 0 unspecified atom stereocenters. The van der Waals surface area contributed by atoms with Crippen molar-refractivity contribution in [1.82, 2.24) is 4.98 Å². The highest BCUT2D eigenvalue weighted by atomic mass is 32.1. The smallest absolute Gasteiger partial charge is 0.181 e.